The van der Waals surface area contributed by atoms with E-state index in [2.05, 4.69) is 0 Å². The summed E-state index contributed by atoms with van der Waals surface area (Å²) in [6.07, 6.45) is 0. The topological polar surface area (TPSA) is 83.5 Å². The number of carboxylic acids is 1. The van der Waals surface area contributed by atoms with Crippen molar-refractivity contribution < 1.29 is 18.3 Å². The molecule has 8 heteroatoms. The molecule has 94 valence electrons. The van der Waals surface area contributed by atoms with Gasteiger partial charge in [0.2, 0.25) is 10.0 Å². The molecular weight excluding hydrogens is 289 g/mol. The molecule has 5 nitrogen and oxygen atoms in total. The molecule has 0 heterocycles. The first-order valence-corrected chi connectivity index (χ1v) is 6.83. The van der Waals surface area contributed by atoms with E-state index in [1.165, 1.54) is 24.3 Å². The van der Waals surface area contributed by atoms with Gasteiger partial charge in [0.05, 0.1) is 4.90 Å². The van der Waals surface area contributed by atoms with Gasteiger partial charge in [-0.25, -0.2) is 8.42 Å². The molecule has 1 atom stereocenters. The highest BCUT2D eigenvalue weighted by Gasteiger charge is 2.24. The Morgan fingerprint density at radius 3 is 2.29 bits per heavy atom. The first-order chi connectivity index (χ1) is 7.86. The minimum atomic E-state index is -3.91. The van der Waals surface area contributed by atoms with Crippen molar-refractivity contribution in [3.8, 4) is 0 Å². The lowest BCUT2D eigenvalue weighted by molar-refractivity contribution is -0.138. The summed E-state index contributed by atoms with van der Waals surface area (Å²) in [4.78, 5) is 10.6. The van der Waals surface area contributed by atoms with Gasteiger partial charge in [-0.3, -0.25) is 4.79 Å². The third kappa shape index (κ3) is 3.85. The van der Waals surface area contributed by atoms with Crippen molar-refractivity contribution in [1.29, 1.82) is 0 Å². The molecule has 1 unspecified atom stereocenters. The van der Waals surface area contributed by atoms with Crippen LogP contribution in [0.4, 0.5) is 0 Å². The fourth-order valence-corrected chi connectivity index (χ4v) is 2.63. The van der Waals surface area contributed by atoms with Gasteiger partial charge in [0.1, 0.15) is 6.04 Å². The van der Waals surface area contributed by atoms with Crippen molar-refractivity contribution in [3.05, 3.63) is 29.3 Å². The number of hydrogen-bond donors (Lipinski definition) is 2. The number of alkyl halides is 1. The zero-order valence-corrected chi connectivity index (χ0v) is 10.8. The average molecular weight is 298 g/mol. The molecule has 0 aliphatic carbocycles. The van der Waals surface area contributed by atoms with Crippen LogP contribution >= 0.6 is 23.2 Å². The largest absolute Gasteiger partial charge is 0.480 e. The summed E-state index contributed by atoms with van der Waals surface area (Å²) in [5.41, 5.74) is 0. The quantitative estimate of drug-likeness (QED) is 0.803. The Kier molecular flexibility index (Phi) is 4.76. The standard InChI is InChI=1S/C9H9Cl2NO4S/c10-5-8(9(13)14)12-17(15,16)7-3-1-6(11)2-4-7/h1-4,8,12H,5H2,(H,13,14). The van der Waals surface area contributed by atoms with Gasteiger partial charge in [-0.1, -0.05) is 11.6 Å². The van der Waals surface area contributed by atoms with Gasteiger partial charge in [0.25, 0.3) is 0 Å². The van der Waals surface area contributed by atoms with Crippen molar-refractivity contribution in [2.75, 3.05) is 5.88 Å². The summed E-state index contributed by atoms with van der Waals surface area (Å²) in [6.45, 7) is 0. The van der Waals surface area contributed by atoms with Crippen LogP contribution in [-0.4, -0.2) is 31.4 Å². The van der Waals surface area contributed by atoms with Gasteiger partial charge < -0.3 is 5.11 Å². The number of hydrogen-bond acceptors (Lipinski definition) is 3. The second-order valence-electron chi connectivity index (χ2n) is 3.12. The van der Waals surface area contributed by atoms with E-state index in [-0.39, 0.29) is 10.8 Å². The molecular formula is C9H9Cl2NO4S. The van der Waals surface area contributed by atoms with E-state index in [9.17, 15) is 13.2 Å². The monoisotopic (exact) mass is 297 g/mol. The molecule has 0 aliphatic rings. The average Bonchev–Trinajstić information content (AvgIpc) is 2.26. The maximum absolute atomic E-state index is 11.7. The van der Waals surface area contributed by atoms with Crippen LogP contribution in [0.3, 0.4) is 0 Å². The predicted octanol–water partition coefficient (Wildman–Crippen LogP) is 1.31. The van der Waals surface area contributed by atoms with E-state index in [4.69, 9.17) is 28.3 Å². The molecule has 0 aliphatic heterocycles. The van der Waals surface area contributed by atoms with Crippen LogP contribution in [-0.2, 0) is 14.8 Å². The van der Waals surface area contributed by atoms with E-state index in [1.807, 2.05) is 4.72 Å². The van der Waals surface area contributed by atoms with Gasteiger partial charge >= 0.3 is 5.97 Å². The van der Waals surface area contributed by atoms with Crippen LogP contribution < -0.4 is 4.72 Å². The molecule has 0 saturated carbocycles. The second-order valence-corrected chi connectivity index (χ2v) is 5.58. The Balaban J connectivity index is 2.96. The van der Waals surface area contributed by atoms with E-state index >= 15 is 0 Å². The van der Waals surface area contributed by atoms with Crippen molar-refractivity contribution in [1.82, 2.24) is 4.72 Å². The number of sulfonamides is 1. The molecule has 0 aromatic heterocycles. The Bertz CT molecular complexity index is 500. The first-order valence-electron chi connectivity index (χ1n) is 4.43. The SMILES string of the molecule is O=C(O)C(CCl)NS(=O)(=O)c1ccc(Cl)cc1. The molecule has 1 rings (SSSR count). The lowest BCUT2D eigenvalue weighted by Crippen LogP contribution is -2.41. The second kappa shape index (κ2) is 5.68. The van der Waals surface area contributed by atoms with E-state index in [0.717, 1.165) is 0 Å². The number of nitrogens with one attached hydrogen (secondary N) is 1. The minimum absolute atomic E-state index is 0.0710. The first kappa shape index (κ1) is 14.2. The van der Waals surface area contributed by atoms with Crippen LogP contribution in [0.1, 0.15) is 0 Å². The van der Waals surface area contributed by atoms with Crippen molar-refractivity contribution in [2.24, 2.45) is 0 Å². The molecule has 17 heavy (non-hydrogen) atoms. The number of aliphatic carboxylic acids is 1. The van der Waals surface area contributed by atoms with Gasteiger partial charge in [0, 0.05) is 10.9 Å². The highest BCUT2D eigenvalue weighted by Crippen LogP contribution is 2.14. The van der Waals surface area contributed by atoms with Crippen LogP contribution in [0.25, 0.3) is 0 Å². The van der Waals surface area contributed by atoms with Crippen LogP contribution in [0.2, 0.25) is 5.02 Å². The van der Waals surface area contributed by atoms with Gasteiger partial charge in [0.15, 0.2) is 0 Å². The van der Waals surface area contributed by atoms with Gasteiger partial charge in [-0.2, -0.15) is 4.72 Å². The fraction of sp³-hybridized carbons (Fsp3) is 0.222. The van der Waals surface area contributed by atoms with Crippen molar-refractivity contribution >= 4 is 39.2 Å². The van der Waals surface area contributed by atoms with Crippen molar-refractivity contribution in [3.63, 3.8) is 0 Å². The van der Waals surface area contributed by atoms with E-state index in [1.54, 1.807) is 0 Å². The lowest BCUT2D eigenvalue weighted by atomic mass is 10.4. The molecule has 0 fully saturated rings. The number of benzene rings is 1. The number of halogens is 2. The van der Waals surface area contributed by atoms with Gasteiger partial charge in [-0.05, 0) is 24.3 Å². The number of carboxylic acid groups (broad SMARTS) is 1. The maximum atomic E-state index is 11.7. The Labute approximate surface area is 108 Å². The Hall–Kier alpha value is -0.820. The van der Waals surface area contributed by atoms with Crippen LogP contribution in [0, 0.1) is 0 Å². The van der Waals surface area contributed by atoms with Crippen molar-refractivity contribution in [2.45, 2.75) is 10.9 Å². The van der Waals surface area contributed by atoms with E-state index < -0.39 is 22.0 Å². The predicted molar refractivity (Wildman–Crippen MR) is 63.9 cm³/mol. The molecule has 0 radical (unpaired) electrons. The molecule has 1 aromatic carbocycles. The third-order valence-corrected chi connectivity index (χ3v) is 3.92. The van der Waals surface area contributed by atoms with Crippen LogP contribution in [0.15, 0.2) is 29.2 Å². The fourth-order valence-electron chi connectivity index (χ4n) is 1.02. The summed E-state index contributed by atoms with van der Waals surface area (Å²) in [5.74, 6) is -1.69. The number of carbonyl (C=O) groups is 1. The molecule has 0 bridgehead atoms. The summed E-state index contributed by atoms with van der Waals surface area (Å²) >= 11 is 11.0. The van der Waals surface area contributed by atoms with E-state index in [0.29, 0.717) is 5.02 Å². The molecule has 1 aromatic rings. The highest BCUT2D eigenvalue weighted by atomic mass is 35.5. The smallest absolute Gasteiger partial charge is 0.322 e. The molecule has 2 N–H and O–H groups in total. The van der Waals surface area contributed by atoms with Gasteiger partial charge in [-0.15, -0.1) is 11.6 Å². The zero-order valence-electron chi connectivity index (χ0n) is 8.43. The molecule has 0 spiro atoms. The lowest BCUT2D eigenvalue weighted by Gasteiger charge is -2.11. The molecule has 0 saturated heterocycles. The molecule has 0 amide bonds. The third-order valence-electron chi connectivity index (χ3n) is 1.87. The number of rotatable bonds is 5. The van der Waals surface area contributed by atoms with Crippen LogP contribution in [0.5, 0.6) is 0 Å². The highest BCUT2D eigenvalue weighted by molar-refractivity contribution is 7.89. The summed E-state index contributed by atoms with van der Waals surface area (Å²) in [6, 6.07) is 3.98. The maximum Gasteiger partial charge on any atom is 0.322 e. The Morgan fingerprint density at radius 2 is 1.88 bits per heavy atom. The minimum Gasteiger partial charge on any atom is -0.480 e. The zero-order chi connectivity index (χ0) is 13.1. The summed E-state index contributed by atoms with van der Waals surface area (Å²) < 4.78 is 25.5. The Morgan fingerprint density at radius 1 is 1.35 bits per heavy atom. The summed E-state index contributed by atoms with van der Waals surface area (Å²) in [7, 11) is -3.91. The normalized spacial score (nSPS) is 13.3. The summed E-state index contributed by atoms with van der Waals surface area (Å²) in [5, 5.41) is 9.08.